The van der Waals surface area contributed by atoms with Gasteiger partial charge in [-0.15, -0.1) is 0 Å². The summed E-state index contributed by atoms with van der Waals surface area (Å²) in [5.41, 5.74) is 6.12. The highest BCUT2D eigenvalue weighted by atomic mass is 15.2. The Labute approximate surface area is 173 Å². The Morgan fingerprint density at radius 1 is 1.00 bits per heavy atom. The van der Waals surface area contributed by atoms with E-state index in [4.69, 9.17) is 4.98 Å². The van der Waals surface area contributed by atoms with Crippen LogP contribution in [0.5, 0.6) is 0 Å². The summed E-state index contributed by atoms with van der Waals surface area (Å²) in [6, 6.07) is 15.5. The summed E-state index contributed by atoms with van der Waals surface area (Å²) in [6.07, 6.45) is 7.19. The molecule has 5 nitrogen and oxygen atoms in total. The third-order valence-electron chi connectivity index (χ3n) is 5.47. The number of rotatable bonds is 6. The lowest BCUT2D eigenvalue weighted by molar-refractivity contribution is 0.243. The van der Waals surface area contributed by atoms with Crippen LogP contribution in [-0.2, 0) is 13.0 Å². The van der Waals surface area contributed by atoms with E-state index in [1.54, 1.807) is 0 Å². The van der Waals surface area contributed by atoms with Gasteiger partial charge in [0, 0.05) is 44.3 Å². The lowest BCUT2D eigenvalue weighted by Gasteiger charge is -2.25. The van der Waals surface area contributed by atoms with Crippen LogP contribution in [0.1, 0.15) is 47.0 Å². The van der Waals surface area contributed by atoms with Crippen molar-refractivity contribution in [3.05, 3.63) is 82.9 Å². The molecule has 0 spiro atoms. The summed E-state index contributed by atoms with van der Waals surface area (Å²) in [7, 11) is 3.92. The Morgan fingerprint density at radius 2 is 1.76 bits per heavy atom. The first-order valence-corrected chi connectivity index (χ1v) is 10.3. The molecule has 5 heteroatoms. The van der Waals surface area contributed by atoms with Crippen molar-refractivity contribution < 1.29 is 0 Å². The van der Waals surface area contributed by atoms with Gasteiger partial charge >= 0.3 is 0 Å². The number of aryl methyl sites for hydroxylation is 1. The molecule has 0 saturated carbocycles. The zero-order valence-electron chi connectivity index (χ0n) is 17.5. The van der Waals surface area contributed by atoms with Crippen LogP contribution in [0, 0.1) is 6.92 Å². The van der Waals surface area contributed by atoms with Gasteiger partial charge < -0.3 is 4.90 Å². The van der Waals surface area contributed by atoms with Gasteiger partial charge in [0.2, 0.25) is 5.95 Å². The van der Waals surface area contributed by atoms with Crippen molar-refractivity contribution in [1.29, 1.82) is 0 Å². The minimum Gasteiger partial charge on any atom is -0.347 e. The highest BCUT2D eigenvalue weighted by Gasteiger charge is 2.27. The first-order valence-electron chi connectivity index (χ1n) is 10.3. The Morgan fingerprint density at radius 3 is 2.48 bits per heavy atom. The summed E-state index contributed by atoms with van der Waals surface area (Å²) < 4.78 is 0. The van der Waals surface area contributed by atoms with Crippen LogP contribution in [0.3, 0.4) is 0 Å². The molecular formula is C24H29N5. The maximum Gasteiger partial charge on any atom is 0.224 e. The molecule has 0 aliphatic carbocycles. The van der Waals surface area contributed by atoms with Crippen LogP contribution >= 0.6 is 0 Å². The van der Waals surface area contributed by atoms with Crippen molar-refractivity contribution in [1.82, 2.24) is 19.9 Å². The summed E-state index contributed by atoms with van der Waals surface area (Å²) in [4.78, 5) is 18.3. The normalized spacial score (nSPS) is 16.9. The number of benzene rings is 1. The Balaban J connectivity index is 1.52. The molecule has 2 aromatic heterocycles. The molecule has 0 N–H and O–H groups in total. The molecule has 1 saturated heterocycles. The number of aromatic nitrogens is 3. The molecule has 0 radical (unpaired) electrons. The van der Waals surface area contributed by atoms with Gasteiger partial charge in [0.05, 0.1) is 11.7 Å². The van der Waals surface area contributed by atoms with E-state index in [1.165, 1.54) is 23.2 Å². The Kier molecular flexibility index (Phi) is 5.86. The summed E-state index contributed by atoms with van der Waals surface area (Å²) in [6.45, 7) is 4.05. The number of pyridine rings is 1. The molecule has 3 heterocycles. The van der Waals surface area contributed by atoms with Crippen molar-refractivity contribution in [2.45, 2.75) is 38.8 Å². The topological polar surface area (TPSA) is 45.2 Å². The fraction of sp³-hybridized carbons (Fsp3) is 0.375. The second-order valence-corrected chi connectivity index (χ2v) is 8.12. The average Bonchev–Trinajstić information content (AvgIpc) is 3.17. The number of likely N-dealkylation sites (tertiary alicyclic amines) is 1. The molecule has 1 fully saturated rings. The van der Waals surface area contributed by atoms with Crippen molar-refractivity contribution in [2.75, 3.05) is 25.5 Å². The standard InChI is InChI=1S/C24H29N5/c1-18-12-20(13-19-8-5-4-6-9-19)14-22(27-18)23-10-7-11-29(23)17-21-15-25-24(26-16-21)28(2)3/h4-6,8-9,12,14-16,23H,7,10-11,13,17H2,1-3H3. The Hall–Kier alpha value is -2.79. The van der Waals surface area contributed by atoms with Crippen LogP contribution in [0.15, 0.2) is 54.9 Å². The van der Waals surface area contributed by atoms with Crippen LogP contribution in [0.25, 0.3) is 0 Å². The van der Waals surface area contributed by atoms with Crippen molar-refractivity contribution in [3.8, 4) is 0 Å². The maximum absolute atomic E-state index is 4.91. The minimum absolute atomic E-state index is 0.359. The van der Waals surface area contributed by atoms with E-state index < -0.39 is 0 Å². The first-order chi connectivity index (χ1) is 14.1. The maximum atomic E-state index is 4.91. The van der Waals surface area contributed by atoms with E-state index >= 15 is 0 Å². The fourth-order valence-corrected chi connectivity index (χ4v) is 4.12. The van der Waals surface area contributed by atoms with Crippen molar-refractivity contribution in [2.24, 2.45) is 0 Å². The van der Waals surface area contributed by atoms with Crippen LogP contribution in [0.4, 0.5) is 5.95 Å². The molecular weight excluding hydrogens is 358 g/mol. The monoisotopic (exact) mass is 387 g/mol. The first kappa shape index (κ1) is 19.5. The SMILES string of the molecule is Cc1cc(Cc2ccccc2)cc(C2CCCN2Cc2cnc(N(C)C)nc2)n1. The number of nitrogens with zero attached hydrogens (tertiary/aromatic N) is 5. The summed E-state index contributed by atoms with van der Waals surface area (Å²) in [5.74, 6) is 0.748. The zero-order valence-corrected chi connectivity index (χ0v) is 17.5. The van der Waals surface area contributed by atoms with Gasteiger partial charge in [0.15, 0.2) is 0 Å². The van der Waals surface area contributed by atoms with E-state index in [0.29, 0.717) is 6.04 Å². The third-order valence-corrected chi connectivity index (χ3v) is 5.47. The van der Waals surface area contributed by atoms with Crippen LogP contribution in [0.2, 0.25) is 0 Å². The Bertz CT molecular complexity index is 937. The quantitative estimate of drug-likeness (QED) is 0.635. The lowest BCUT2D eigenvalue weighted by Crippen LogP contribution is -2.24. The molecule has 0 amide bonds. The largest absolute Gasteiger partial charge is 0.347 e. The lowest BCUT2D eigenvalue weighted by atomic mass is 10.0. The van der Waals surface area contributed by atoms with Gasteiger partial charge in [-0.2, -0.15) is 0 Å². The molecule has 1 aromatic carbocycles. The van der Waals surface area contributed by atoms with Crippen LogP contribution < -0.4 is 4.90 Å². The van der Waals surface area contributed by atoms with E-state index in [1.807, 2.05) is 31.4 Å². The van der Waals surface area contributed by atoms with E-state index in [0.717, 1.165) is 43.1 Å². The van der Waals surface area contributed by atoms with Crippen LogP contribution in [-0.4, -0.2) is 40.5 Å². The molecule has 0 bridgehead atoms. The number of hydrogen-bond acceptors (Lipinski definition) is 5. The predicted molar refractivity (Wildman–Crippen MR) is 117 cm³/mol. The summed E-state index contributed by atoms with van der Waals surface area (Å²) >= 11 is 0. The smallest absolute Gasteiger partial charge is 0.224 e. The van der Waals surface area contributed by atoms with Gasteiger partial charge in [-0.25, -0.2) is 9.97 Å². The number of hydrogen-bond donors (Lipinski definition) is 0. The van der Waals surface area contributed by atoms with Gasteiger partial charge in [-0.3, -0.25) is 9.88 Å². The molecule has 1 atom stereocenters. The molecule has 1 aliphatic rings. The van der Waals surface area contributed by atoms with Gasteiger partial charge in [-0.05, 0) is 56.0 Å². The van der Waals surface area contributed by atoms with E-state index in [2.05, 4.69) is 64.3 Å². The molecule has 29 heavy (non-hydrogen) atoms. The molecule has 1 aliphatic heterocycles. The van der Waals surface area contributed by atoms with E-state index in [9.17, 15) is 0 Å². The number of anilines is 1. The van der Waals surface area contributed by atoms with Gasteiger partial charge in [0.1, 0.15) is 0 Å². The van der Waals surface area contributed by atoms with Crippen molar-refractivity contribution in [3.63, 3.8) is 0 Å². The van der Waals surface area contributed by atoms with Gasteiger partial charge in [-0.1, -0.05) is 30.3 Å². The summed E-state index contributed by atoms with van der Waals surface area (Å²) in [5, 5.41) is 0. The highest BCUT2D eigenvalue weighted by molar-refractivity contribution is 5.30. The molecule has 3 aromatic rings. The predicted octanol–water partition coefficient (Wildman–Crippen LogP) is 4.17. The highest BCUT2D eigenvalue weighted by Crippen LogP contribution is 2.33. The molecule has 1 unspecified atom stereocenters. The second-order valence-electron chi connectivity index (χ2n) is 8.12. The minimum atomic E-state index is 0.359. The molecule has 150 valence electrons. The fourth-order valence-electron chi connectivity index (χ4n) is 4.12. The van der Waals surface area contributed by atoms with Crippen molar-refractivity contribution >= 4 is 5.95 Å². The second kappa shape index (κ2) is 8.70. The third kappa shape index (κ3) is 4.80. The average molecular weight is 388 g/mol. The molecule has 4 rings (SSSR count). The zero-order chi connectivity index (χ0) is 20.2. The van der Waals surface area contributed by atoms with Gasteiger partial charge in [0.25, 0.3) is 0 Å². The van der Waals surface area contributed by atoms with E-state index in [-0.39, 0.29) is 0 Å².